The Morgan fingerprint density at radius 3 is 2.47 bits per heavy atom. The highest BCUT2D eigenvalue weighted by Crippen LogP contribution is 2.34. The molecule has 0 bridgehead atoms. The first-order valence-electron chi connectivity index (χ1n) is 15.4. The predicted octanol–water partition coefficient (Wildman–Crippen LogP) is 6.55. The second kappa shape index (κ2) is 13.2. The summed E-state index contributed by atoms with van der Waals surface area (Å²) in [4.78, 5) is 31.8. The van der Waals surface area contributed by atoms with Crippen LogP contribution in [-0.4, -0.2) is 58.7 Å². The van der Waals surface area contributed by atoms with Gasteiger partial charge in [-0.15, -0.1) is 16.9 Å². The van der Waals surface area contributed by atoms with Crippen molar-refractivity contribution < 1.29 is 9.59 Å². The third-order valence-electron chi connectivity index (χ3n) is 7.86. The van der Waals surface area contributed by atoms with Crippen LogP contribution < -0.4 is 10.6 Å². The Morgan fingerprint density at radius 2 is 1.77 bits per heavy atom. The van der Waals surface area contributed by atoms with Crippen LogP contribution in [-0.2, 0) is 15.1 Å². The number of tetrazole rings is 1. The fourth-order valence-corrected chi connectivity index (χ4v) is 6.98. The number of hydrogen-bond acceptors (Lipinski definition) is 11. The van der Waals surface area contributed by atoms with Gasteiger partial charge < -0.3 is 10.6 Å². The van der Waals surface area contributed by atoms with Crippen LogP contribution in [0.15, 0.2) is 82.2 Å². The average Bonchev–Trinajstić information content (AvgIpc) is 3.79. The molecular weight excluding hydrogens is 631 g/mol. The standard InChI is InChI=1S/C34H37N9O2S2/c1-20(2)25-18-26(44)21(3)30(29(25)45)46-17-16-35-31-27(38-33-42(31)36-19-47-33)23-12-14-24(15-13-23)37-28(22-10-8-7-9-11-22)32-39-40-41-43(32)34(4,5)6/h7-15,18-20,28,35,37H,16-17H2,1-6H3. The quantitative estimate of drug-likeness (QED) is 0.118. The van der Waals surface area contributed by atoms with Gasteiger partial charge in [-0.25, -0.2) is 9.67 Å². The van der Waals surface area contributed by atoms with E-state index >= 15 is 0 Å². The van der Waals surface area contributed by atoms with Crippen molar-refractivity contribution in [2.45, 2.75) is 53.1 Å². The molecule has 0 saturated carbocycles. The summed E-state index contributed by atoms with van der Waals surface area (Å²) in [7, 11) is 0. The average molecular weight is 668 g/mol. The number of hydrogen-bond donors (Lipinski definition) is 2. The topological polar surface area (TPSA) is 132 Å². The molecule has 5 aromatic rings. The zero-order valence-corrected chi connectivity index (χ0v) is 28.8. The van der Waals surface area contributed by atoms with E-state index in [0.717, 1.165) is 39.1 Å². The molecule has 2 N–H and O–H groups in total. The van der Waals surface area contributed by atoms with Crippen molar-refractivity contribution in [1.82, 2.24) is 34.8 Å². The van der Waals surface area contributed by atoms with Gasteiger partial charge >= 0.3 is 0 Å². The molecule has 0 spiro atoms. The Morgan fingerprint density at radius 1 is 1.02 bits per heavy atom. The summed E-state index contributed by atoms with van der Waals surface area (Å²) >= 11 is 2.87. The van der Waals surface area contributed by atoms with Crippen LogP contribution in [0.1, 0.15) is 59.0 Å². The highest BCUT2D eigenvalue weighted by atomic mass is 32.2. The molecule has 242 valence electrons. The summed E-state index contributed by atoms with van der Waals surface area (Å²) in [5.41, 5.74) is 6.19. The van der Waals surface area contributed by atoms with Gasteiger partial charge in [0.15, 0.2) is 23.2 Å². The Balaban J connectivity index is 1.20. The number of rotatable bonds is 11. The fourth-order valence-electron chi connectivity index (χ4n) is 5.39. The zero-order valence-electron chi connectivity index (χ0n) is 27.2. The van der Waals surface area contributed by atoms with E-state index in [9.17, 15) is 9.59 Å². The van der Waals surface area contributed by atoms with Gasteiger partial charge in [0.05, 0.1) is 10.4 Å². The van der Waals surface area contributed by atoms with E-state index in [4.69, 9.17) is 4.98 Å². The summed E-state index contributed by atoms with van der Waals surface area (Å²) in [6.07, 6.45) is 1.49. The first kappa shape index (κ1) is 32.3. The molecule has 11 nitrogen and oxygen atoms in total. The lowest BCUT2D eigenvalue weighted by Crippen LogP contribution is -2.29. The Labute approximate surface area is 281 Å². The molecule has 2 aromatic carbocycles. The van der Waals surface area contributed by atoms with Crippen molar-refractivity contribution in [3.8, 4) is 11.3 Å². The third kappa shape index (κ3) is 6.63. The van der Waals surface area contributed by atoms with Gasteiger partial charge in [0.1, 0.15) is 17.2 Å². The minimum Gasteiger partial charge on any atom is -0.371 e. The van der Waals surface area contributed by atoms with Gasteiger partial charge in [-0.1, -0.05) is 67.6 Å². The van der Waals surface area contributed by atoms with Gasteiger partial charge in [-0.3, -0.25) is 9.59 Å². The second-order valence-electron chi connectivity index (χ2n) is 12.6. The van der Waals surface area contributed by atoms with Crippen LogP contribution in [0.25, 0.3) is 16.2 Å². The van der Waals surface area contributed by atoms with Crippen LogP contribution in [0.5, 0.6) is 0 Å². The Bertz CT molecular complexity index is 1980. The number of aromatic nitrogens is 7. The second-order valence-corrected chi connectivity index (χ2v) is 14.5. The molecule has 3 aromatic heterocycles. The van der Waals surface area contributed by atoms with E-state index in [0.29, 0.717) is 28.3 Å². The zero-order chi connectivity index (χ0) is 33.3. The number of thioether (sulfide) groups is 1. The minimum absolute atomic E-state index is 0.00735. The Hall–Kier alpha value is -4.62. The SMILES string of the molecule is CC1=C(SCCNc2c(-c3ccc(NC(c4ccccc4)c4nnnn4C(C)(C)C)cc3)nc3scnn23)C(=O)C(C(C)C)=CC1=O. The molecule has 0 saturated heterocycles. The van der Waals surface area contributed by atoms with Crippen LogP contribution in [0.4, 0.5) is 11.5 Å². The van der Waals surface area contributed by atoms with E-state index < -0.39 is 0 Å². The van der Waals surface area contributed by atoms with Gasteiger partial charge in [0.2, 0.25) is 4.96 Å². The number of ketones is 2. The molecule has 47 heavy (non-hydrogen) atoms. The number of anilines is 2. The maximum Gasteiger partial charge on any atom is 0.214 e. The molecule has 1 aliphatic carbocycles. The van der Waals surface area contributed by atoms with E-state index in [1.807, 2.05) is 61.0 Å². The summed E-state index contributed by atoms with van der Waals surface area (Å²) in [6, 6.07) is 18.0. The Kier molecular flexibility index (Phi) is 9.11. The van der Waals surface area contributed by atoms with Gasteiger partial charge in [0.25, 0.3) is 0 Å². The van der Waals surface area contributed by atoms with Gasteiger partial charge in [-0.2, -0.15) is 9.61 Å². The molecule has 1 atom stereocenters. The number of carbonyl (C=O) groups is 2. The lowest BCUT2D eigenvalue weighted by Gasteiger charge is -2.25. The van der Waals surface area contributed by atoms with E-state index in [-0.39, 0.29) is 29.1 Å². The van der Waals surface area contributed by atoms with Crippen LogP contribution in [0.2, 0.25) is 0 Å². The van der Waals surface area contributed by atoms with Crippen molar-refractivity contribution >= 4 is 51.1 Å². The van der Waals surface area contributed by atoms with Crippen molar-refractivity contribution in [1.29, 1.82) is 0 Å². The maximum absolute atomic E-state index is 13.1. The molecule has 0 amide bonds. The number of nitrogens with zero attached hydrogens (tertiary/aromatic N) is 7. The van der Waals surface area contributed by atoms with Crippen LogP contribution >= 0.6 is 23.1 Å². The van der Waals surface area contributed by atoms with Crippen molar-refractivity contribution in [3.63, 3.8) is 0 Å². The molecule has 0 fully saturated rings. The summed E-state index contributed by atoms with van der Waals surface area (Å²) in [6.45, 7) is 12.4. The minimum atomic E-state index is -0.297. The van der Waals surface area contributed by atoms with E-state index in [2.05, 4.69) is 64.2 Å². The monoisotopic (exact) mass is 667 g/mol. The first-order chi connectivity index (χ1) is 22.5. The largest absolute Gasteiger partial charge is 0.371 e. The molecule has 0 radical (unpaired) electrons. The molecular formula is C34H37N9O2S2. The first-order valence-corrected chi connectivity index (χ1v) is 17.3. The highest BCUT2D eigenvalue weighted by molar-refractivity contribution is 8.04. The molecule has 1 aliphatic rings. The molecule has 1 unspecified atom stereocenters. The molecule has 0 aliphatic heterocycles. The number of allylic oxidation sites excluding steroid dienone is 4. The number of Topliss-reactive ketones (excluding diaryl/α,β-unsaturated/α-hetero) is 1. The third-order valence-corrected chi connectivity index (χ3v) is 9.73. The summed E-state index contributed by atoms with van der Waals surface area (Å²) in [5, 5.41) is 24.3. The van der Waals surface area contributed by atoms with E-state index in [1.165, 1.54) is 29.2 Å². The van der Waals surface area contributed by atoms with Gasteiger partial charge in [0, 0.05) is 34.7 Å². The summed E-state index contributed by atoms with van der Waals surface area (Å²) in [5.74, 6) is 1.94. The lowest BCUT2D eigenvalue weighted by molar-refractivity contribution is -0.115. The normalized spacial score (nSPS) is 14.7. The van der Waals surface area contributed by atoms with E-state index in [1.54, 1.807) is 16.9 Å². The molecule has 13 heteroatoms. The molecule has 6 rings (SSSR count). The van der Waals surface area contributed by atoms with Gasteiger partial charge in [-0.05, 0) is 67.8 Å². The van der Waals surface area contributed by atoms with Crippen molar-refractivity contribution in [2.75, 3.05) is 22.9 Å². The smallest absolute Gasteiger partial charge is 0.214 e. The van der Waals surface area contributed by atoms with Crippen LogP contribution in [0, 0.1) is 5.92 Å². The molecule has 3 heterocycles. The highest BCUT2D eigenvalue weighted by Gasteiger charge is 2.29. The predicted molar refractivity (Wildman–Crippen MR) is 188 cm³/mol. The summed E-state index contributed by atoms with van der Waals surface area (Å²) < 4.78 is 3.65. The number of imidazole rings is 1. The number of nitrogens with one attached hydrogen (secondary N) is 2. The number of fused-ring (bicyclic) bond motifs is 1. The van der Waals surface area contributed by atoms with Crippen LogP contribution in [0.3, 0.4) is 0 Å². The maximum atomic E-state index is 13.1. The van der Waals surface area contributed by atoms with Crippen molar-refractivity contribution in [2.24, 2.45) is 5.92 Å². The number of benzene rings is 2. The fraction of sp³-hybridized carbons (Fsp3) is 0.324. The lowest BCUT2D eigenvalue weighted by atomic mass is 9.90. The number of carbonyl (C=O) groups excluding carboxylic acids is 2. The van der Waals surface area contributed by atoms with Crippen molar-refractivity contribution in [3.05, 3.63) is 93.6 Å².